The number of rotatable bonds is 3. The van der Waals surface area contributed by atoms with E-state index in [1.165, 1.54) is 28.0 Å². The van der Waals surface area contributed by atoms with Gasteiger partial charge in [0.05, 0.1) is 10.5 Å². The summed E-state index contributed by atoms with van der Waals surface area (Å²) >= 11 is 0. The summed E-state index contributed by atoms with van der Waals surface area (Å²) in [5.74, 6) is -0.698. The largest absolute Gasteiger partial charge is 0.416 e. The second-order valence-corrected chi connectivity index (χ2v) is 6.92. The van der Waals surface area contributed by atoms with Crippen molar-refractivity contribution >= 4 is 17.5 Å². The molecular weight excluding hydrogens is 403 g/mol. The normalized spacial score (nSPS) is 14.5. The Bertz CT molecular complexity index is 982. The van der Waals surface area contributed by atoms with Gasteiger partial charge in [-0.15, -0.1) is 0 Å². The Labute approximate surface area is 169 Å². The summed E-state index contributed by atoms with van der Waals surface area (Å²) in [6.45, 7) is 2.52. The van der Waals surface area contributed by atoms with Gasteiger partial charge in [0.2, 0.25) is 0 Å². The van der Waals surface area contributed by atoms with Gasteiger partial charge in [-0.05, 0) is 43.3 Å². The lowest BCUT2D eigenvalue weighted by Gasteiger charge is -2.35. The molecule has 10 heteroatoms. The number of halogens is 3. The number of nitrogens with zero attached hydrogens (tertiary/aromatic N) is 3. The van der Waals surface area contributed by atoms with E-state index >= 15 is 0 Å². The van der Waals surface area contributed by atoms with E-state index in [-0.39, 0.29) is 43.3 Å². The summed E-state index contributed by atoms with van der Waals surface area (Å²) in [4.78, 5) is 38.6. The molecule has 3 rings (SSSR count). The average molecular weight is 421 g/mol. The van der Waals surface area contributed by atoms with E-state index in [9.17, 15) is 32.9 Å². The summed E-state index contributed by atoms with van der Waals surface area (Å²) < 4.78 is 38.0. The number of hydrogen-bond donors (Lipinski definition) is 0. The van der Waals surface area contributed by atoms with Gasteiger partial charge in [0.15, 0.2) is 0 Å². The van der Waals surface area contributed by atoms with Crippen molar-refractivity contribution in [3.8, 4) is 0 Å². The zero-order valence-electron chi connectivity index (χ0n) is 16.0. The van der Waals surface area contributed by atoms with E-state index in [0.717, 1.165) is 24.3 Å². The first-order valence-electron chi connectivity index (χ1n) is 9.09. The number of carbonyl (C=O) groups is 2. The molecule has 1 aliphatic rings. The molecule has 0 unspecified atom stereocenters. The zero-order chi connectivity index (χ0) is 22.1. The summed E-state index contributed by atoms with van der Waals surface area (Å²) in [6, 6.07) is 8.15. The van der Waals surface area contributed by atoms with Gasteiger partial charge < -0.3 is 9.80 Å². The van der Waals surface area contributed by atoms with E-state index in [2.05, 4.69) is 0 Å². The highest BCUT2D eigenvalue weighted by atomic mass is 19.4. The molecule has 2 aromatic rings. The molecule has 0 saturated carbocycles. The van der Waals surface area contributed by atoms with Crippen molar-refractivity contribution in [2.24, 2.45) is 0 Å². The standard InChI is InChI=1S/C20H18F3N3O4/c1-13-12-15(4-7-17(13)26(29)30)19(28)25-10-8-24(9-11-25)18(27)14-2-5-16(6-3-14)20(21,22)23/h2-7,12H,8-11H2,1H3. The first-order chi connectivity index (χ1) is 14.1. The molecule has 0 radical (unpaired) electrons. The molecule has 1 saturated heterocycles. The van der Waals surface area contributed by atoms with Crippen LogP contribution in [-0.4, -0.2) is 52.7 Å². The van der Waals surface area contributed by atoms with Crippen molar-refractivity contribution in [2.45, 2.75) is 13.1 Å². The summed E-state index contributed by atoms with van der Waals surface area (Å²) in [5.41, 5.74) is -0.0530. The maximum atomic E-state index is 12.7. The first-order valence-corrected chi connectivity index (χ1v) is 9.09. The van der Waals surface area contributed by atoms with Crippen LogP contribution in [0.15, 0.2) is 42.5 Å². The number of benzene rings is 2. The van der Waals surface area contributed by atoms with Gasteiger partial charge in [0, 0.05) is 48.9 Å². The Morgan fingerprint density at radius 1 is 0.900 bits per heavy atom. The molecular formula is C20H18F3N3O4. The molecule has 30 heavy (non-hydrogen) atoms. The lowest BCUT2D eigenvalue weighted by Crippen LogP contribution is -2.50. The maximum absolute atomic E-state index is 12.7. The molecule has 0 bridgehead atoms. The number of alkyl halides is 3. The molecule has 0 spiro atoms. The topological polar surface area (TPSA) is 83.8 Å². The quantitative estimate of drug-likeness (QED) is 0.561. The van der Waals surface area contributed by atoms with Crippen molar-refractivity contribution < 1.29 is 27.7 Å². The summed E-state index contributed by atoms with van der Waals surface area (Å²) in [7, 11) is 0. The van der Waals surface area contributed by atoms with E-state index in [1.54, 1.807) is 6.92 Å². The van der Waals surface area contributed by atoms with Crippen LogP contribution in [0.2, 0.25) is 0 Å². The van der Waals surface area contributed by atoms with Gasteiger partial charge in [-0.1, -0.05) is 0 Å². The van der Waals surface area contributed by atoms with Crippen molar-refractivity contribution in [3.05, 3.63) is 74.8 Å². The lowest BCUT2D eigenvalue weighted by molar-refractivity contribution is -0.385. The Morgan fingerprint density at radius 3 is 1.80 bits per heavy atom. The monoisotopic (exact) mass is 421 g/mol. The highest BCUT2D eigenvalue weighted by Gasteiger charge is 2.31. The second kappa shape index (κ2) is 8.13. The minimum absolute atomic E-state index is 0.0708. The van der Waals surface area contributed by atoms with Gasteiger partial charge >= 0.3 is 6.18 Å². The molecule has 158 valence electrons. The van der Waals surface area contributed by atoms with E-state index in [1.807, 2.05) is 0 Å². The molecule has 1 fully saturated rings. The van der Waals surface area contributed by atoms with Crippen molar-refractivity contribution in [1.82, 2.24) is 9.80 Å². The molecule has 7 nitrogen and oxygen atoms in total. The van der Waals surface area contributed by atoms with Crippen LogP contribution >= 0.6 is 0 Å². The van der Waals surface area contributed by atoms with Crippen LogP contribution in [0.25, 0.3) is 0 Å². The SMILES string of the molecule is Cc1cc(C(=O)N2CCN(C(=O)c3ccc(C(F)(F)F)cc3)CC2)ccc1[N+](=O)[O-]. The van der Waals surface area contributed by atoms with Gasteiger partial charge in [-0.2, -0.15) is 13.2 Å². The van der Waals surface area contributed by atoms with Crippen molar-refractivity contribution in [1.29, 1.82) is 0 Å². The number of nitro groups is 1. The van der Waals surface area contributed by atoms with Gasteiger partial charge in [0.25, 0.3) is 17.5 Å². The Balaban J connectivity index is 1.63. The third kappa shape index (κ3) is 4.42. The predicted molar refractivity (Wildman–Crippen MR) is 101 cm³/mol. The van der Waals surface area contributed by atoms with Gasteiger partial charge in [0.1, 0.15) is 0 Å². The van der Waals surface area contributed by atoms with E-state index in [0.29, 0.717) is 11.1 Å². The number of hydrogen-bond acceptors (Lipinski definition) is 4. The number of aryl methyl sites for hydroxylation is 1. The smallest absolute Gasteiger partial charge is 0.335 e. The molecule has 0 aliphatic carbocycles. The molecule has 1 aliphatic heterocycles. The Kier molecular flexibility index (Phi) is 5.77. The molecule has 0 aromatic heterocycles. The third-order valence-corrected chi connectivity index (χ3v) is 4.95. The van der Waals surface area contributed by atoms with Crippen molar-refractivity contribution in [3.63, 3.8) is 0 Å². The first kappa shape index (κ1) is 21.3. The van der Waals surface area contributed by atoms with Crippen molar-refractivity contribution in [2.75, 3.05) is 26.2 Å². The minimum Gasteiger partial charge on any atom is -0.335 e. The molecule has 2 aromatic carbocycles. The molecule has 1 heterocycles. The van der Waals surface area contributed by atoms with Crippen LogP contribution in [0.1, 0.15) is 31.8 Å². The van der Waals surface area contributed by atoms with Crippen LogP contribution in [0, 0.1) is 17.0 Å². The Morgan fingerprint density at radius 2 is 1.37 bits per heavy atom. The number of piperazine rings is 1. The van der Waals surface area contributed by atoms with E-state index < -0.39 is 22.6 Å². The van der Waals surface area contributed by atoms with Crippen LogP contribution in [-0.2, 0) is 6.18 Å². The highest BCUT2D eigenvalue weighted by Crippen LogP contribution is 2.29. The molecule has 2 amide bonds. The van der Waals surface area contributed by atoms with Gasteiger partial charge in [-0.3, -0.25) is 19.7 Å². The molecule has 0 atom stereocenters. The fourth-order valence-electron chi connectivity index (χ4n) is 3.27. The van der Waals surface area contributed by atoms with E-state index in [4.69, 9.17) is 0 Å². The van der Waals surface area contributed by atoms with Crippen LogP contribution < -0.4 is 0 Å². The molecule has 0 N–H and O–H groups in total. The van der Waals surface area contributed by atoms with Crippen LogP contribution in [0.4, 0.5) is 18.9 Å². The fraction of sp³-hybridized carbons (Fsp3) is 0.300. The number of carbonyl (C=O) groups excluding carboxylic acids is 2. The number of nitro benzene ring substituents is 1. The summed E-state index contributed by atoms with van der Waals surface area (Å²) in [5, 5.41) is 10.9. The second-order valence-electron chi connectivity index (χ2n) is 6.92. The highest BCUT2D eigenvalue weighted by molar-refractivity contribution is 5.96. The minimum atomic E-state index is -4.47. The fourth-order valence-corrected chi connectivity index (χ4v) is 3.27. The zero-order valence-corrected chi connectivity index (χ0v) is 16.0. The van der Waals surface area contributed by atoms with Crippen LogP contribution in [0.5, 0.6) is 0 Å². The Hall–Kier alpha value is -3.43. The third-order valence-electron chi connectivity index (χ3n) is 4.95. The van der Waals surface area contributed by atoms with Gasteiger partial charge in [-0.25, -0.2) is 0 Å². The average Bonchev–Trinajstić information content (AvgIpc) is 2.72. The summed E-state index contributed by atoms with van der Waals surface area (Å²) in [6.07, 6.45) is -4.47. The lowest BCUT2D eigenvalue weighted by atomic mass is 10.1. The predicted octanol–water partition coefficient (Wildman–Crippen LogP) is 3.52. The maximum Gasteiger partial charge on any atom is 0.416 e. The van der Waals surface area contributed by atoms with Crippen LogP contribution in [0.3, 0.4) is 0 Å². The number of amides is 2.